The number of carbonyl (C=O) groups excluding carboxylic acids is 5. The summed E-state index contributed by atoms with van der Waals surface area (Å²) in [6.45, 7) is 1.32. The van der Waals surface area contributed by atoms with Gasteiger partial charge in [-0.3, -0.25) is 29.4 Å². The van der Waals surface area contributed by atoms with Crippen molar-refractivity contribution in [3.8, 4) is 0 Å². The fraction of sp³-hybridized carbons (Fsp3) is 0.190. The molecule has 0 aromatic heterocycles. The Morgan fingerprint density at radius 2 is 1.50 bits per heavy atom. The van der Waals surface area contributed by atoms with Crippen molar-refractivity contribution in [2.24, 2.45) is 0 Å². The first-order valence-electron chi connectivity index (χ1n) is 9.20. The molecule has 30 heavy (non-hydrogen) atoms. The van der Waals surface area contributed by atoms with Crippen LogP contribution in [-0.2, 0) is 14.3 Å². The molecule has 1 heterocycles. The van der Waals surface area contributed by atoms with E-state index in [0.29, 0.717) is 12.1 Å². The molecule has 0 unspecified atom stereocenters. The number of rotatable bonds is 6. The third-order valence-corrected chi connectivity index (χ3v) is 4.33. The van der Waals surface area contributed by atoms with E-state index in [2.05, 4.69) is 10.6 Å². The van der Waals surface area contributed by atoms with Crippen molar-refractivity contribution in [1.29, 1.82) is 0 Å². The number of fused-ring (bicyclic) bond motifs is 1. The molecule has 0 saturated heterocycles. The second kappa shape index (κ2) is 8.99. The zero-order valence-corrected chi connectivity index (χ0v) is 16.1. The van der Waals surface area contributed by atoms with Gasteiger partial charge in [-0.1, -0.05) is 42.5 Å². The van der Waals surface area contributed by atoms with Crippen molar-refractivity contribution in [2.45, 2.75) is 13.0 Å². The lowest BCUT2D eigenvalue weighted by Crippen LogP contribution is -2.43. The van der Waals surface area contributed by atoms with Crippen molar-refractivity contribution in [3.05, 3.63) is 71.3 Å². The van der Waals surface area contributed by atoms with Crippen LogP contribution in [0.1, 0.15) is 39.3 Å². The standard InChI is InChI=1S/C21H19N3O6/c1-2-22-21(29)23-18(26)17(13-8-4-3-5-9-13)30-16(25)12-24-19(27)14-10-6-7-11-15(14)20(24)28/h3-11,17H,2,12H2,1H3,(H2,22,23,26,29)/t17-/m1/s1. The molecule has 1 aliphatic heterocycles. The highest BCUT2D eigenvalue weighted by Gasteiger charge is 2.37. The highest BCUT2D eigenvalue weighted by Crippen LogP contribution is 2.23. The zero-order valence-electron chi connectivity index (χ0n) is 16.1. The predicted octanol–water partition coefficient (Wildman–Crippen LogP) is 1.41. The molecule has 0 bridgehead atoms. The quantitative estimate of drug-likeness (QED) is 0.550. The SMILES string of the molecule is CCNC(=O)NC(=O)[C@H](OC(=O)CN1C(=O)c2ccccc2C1=O)c1ccccc1. The van der Waals surface area contributed by atoms with Crippen molar-refractivity contribution in [3.63, 3.8) is 0 Å². The summed E-state index contributed by atoms with van der Waals surface area (Å²) in [6.07, 6.45) is -1.43. The molecule has 154 valence electrons. The highest BCUT2D eigenvalue weighted by molar-refractivity contribution is 6.22. The summed E-state index contributed by atoms with van der Waals surface area (Å²) >= 11 is 0. The van der Waals surface area contributed by atoms with Crippen LogP contribution in [0.5, 0.6) is 0 Å². The number of ether oxygens (including phenoxy) is 1. The van der Waals surface area contributed by atoms with E-state index in [4.69, 9.17) is 4.74 Å². The fourth-order valence-corrected chi connectivity index (χ4v) is 2.96. The van der Waals surface area contributed by atoms with Gasteiger partial charge in [0.25, 0.3) is 17.7 Å². The number of nitrogens with zero attached hydrogens (tertiary/aromatic N) is 1. The number of esters is 1. The van der Waals surface area contributed by atoms with Crippen LogP contribution < -0.4 is 10.6 Å². The Balaban J connectivity index is 1.74. The molecule has 9 heteroatoms. The number of urea groups is 1. The van der Waals surface area contributed by atoms with Gasteiger partial charge in [0.15, 0.2) is 0 Å². The fourth-order valence-electron chi connectivity index (χ4n) is 2.96. The Hall–Kier alpha value is -4.01. The van der Waals surface area contributed by atoms with Crippen LogP contribution in [0.2, 0.25) is 0 Å². The number of imide groups is 2. The Kier molecular flexibility index (Phi) is 6.21. The minimum absolute atomic E-state index is 0.198. The van der Waals surface area contributed by atoms with E-state index in [-0.39, 0.29) is 11.1 Å². The van der Waals surface area contributed by atoms with Crippen LogP contribution >= 0.6 is 0 Å². The molecular weight excluding hydrogens is 390 g/mol. The topological polar surface area (TPSA) is 122 Å². The number of nitrogens with one attached hydrogen (secondary N) is 2. The summed E-state index contributed by atoms with van der Waals surface area (Å²) in [7, 11) is 0. The first-order chi connectivity index (χ1) is 14.4. The number of benzene rings is 2. The van der Waals surface area contributed by atoms with Gasteiger partial charge >= 0.3 is 12.0 Å². The molecule has 1 aliphatic rings. The molecule has 1 atom stereocenters. The Morgan fingerprint density at radius 3 is 2.07 bits per heavy atom. The first-order valence-corrected chi connectivity index (χ1v) is 9.20. The maximum atomic E-state index is 12.5. The lowest BCUT2D eigenvalue weighted by molar-refractivity contribution is -0.156. The molecular formula is C21H19N3O6. The average molecular weight is 409 g/mol. The van der Waals surface area contributed by atoms with Gasteiger partial charge in [0.05, 0.1) is 11.1 Å². The highest BCUT2D eigenvalue weighted by atomic mass is 16.5. The van der Waals surface area contributed by atoms with Gasteiger partial charge in [-0.15, -0.1) is 0 Å². The largest absolute Gasteiger partial charge is 0.446 e. The maximum absolute atomic E-state index is 12.5. The third-order valence-electron chi connectivity index (χ3n) is 4.33. The summed E-state index contributed by atoms with van der Waals surface area (Å²) in [5.74, 6) is -3.06. The second-order valence-electron chi connectivity index (χ2n) is 6.37. The Morgan fingerprint density at radius 1 is 0.933 bits per heavy atom. The monoisotopic (exact) mass is 409 g/mol. The molecule has 9 nitrogen and oxygen atoms in total. The number of carbonyl (C=O) groups is 5. The van der Waals surface area contributed by atoms with E-state index < -0.39 is 42.4 Å². The van der Waals surface area contributed by atoms with Crippen molar-refractivity contribution in [2.75, 3.05) is 13.1 Å². The Bertz CT molecular complexity index is 970. The predicted molar refractivity (Wildman–Crippen MR) is 104 cm³/mol. The molecule has 5 amide bonds. The Labute approximate surface area is 172 Å². The van der Waals surface area contributed by atoms with Crippen LogP contribution in [0, 0.1) is 0 Å². The van der Waals surface area contributed by atoms with Crippen molar-refractivity contribution >= 4 is 29.7 Å². The minimum Gasteiger partial charge on any atom is -0.446 e. The summed E-state index contributed by atoms with van der Waals surface area (Å²) < 4.78 is 5.26. The molecule has 0 saturated carbocycles. The molecule has 0 radical (unpaired) electrons. The molecule has 0 aliphatic carbocycles. The zero-order chi connectivity index (χ0) is 21.7. The molecule has 2 aromatic rings. The summed E-state index contributed by atoms with van der Waals surface area (Å²) in [4.78, 5) is 62.3. The van der Waals surface area contributed by atoms with Gasteiger partial charge in [-0.2, -0.15) is 0 Å². The molecule has 0 fully saturated rings. The average Bonchev–Trinajstić information content (AvgIpc) is 2.98. The second-order valence-corrected chi connectivity index (χ2v) is 6.37. The maximum Gasteiger partial charge on any atom is 0.327 e. The molecule has 2 aromatic carbocycles. The van der Waals surface area contributed by atoms with Gasteiger partial charge in [-0.25, -0.2) is 4.79 Å². The normalized spacial score (nSPS) is 13.4. The van der Waals surface area contributed by atoms with E-state index in [1.165, 1.54) is 12.1 Å². The van der Waals surface area contributed by atoms with Gasteiger partial charge in [0, 0.05) is 12.1 Å². The van der Waals surface area contributed by atoms with E-state index >= 15 is 0 Å². The lowest BCUT2D eigenvalue weighted by Gasteiger charge is -2.19. The molecule has 0 spiro atoms. The summed E-state index contributed by atoms with van der Waals surface area (Å²) in [5.41, 5.74) is 0.725. The molecule has 2 N–H and O–H groups in total. The summed E-state index contributed by atoms with van der Waals surface area (Å²) in [6, 6.07) is 13.6. The van der Waals surface area contributed by atoms with Gasteiger partial charge in [0.1, 0.15) is 6.54 Å². The lowest BCUT2D eigenvalue weighted by atomic mass is 10.1. The smallest absolute Gasteiger partial charge is 0.327 e. The van der Waals surface area contributed by atoms with Crippen LogP contribution in [0.15, 0.2) is 54.6 Å². The number of hydrogen-bond acceptors (Lipinski definition) is 6. The van der Waals surface area contributed by atoms with E-state index in [1.807, 2.05) is 0 Å². The minimum atomic E-state index is -1.43. The summed E-state index contributed by atoms with van der Waals surface area (Å²) in [5, 5.41) is 4.50. The van der Waals surface area contributed by atoms with E-state index in [1.54, 1.807) is 49.4 Å². The van der Waals surface area contributed by atoms with Crippen LogP contribution in [-0.4, -0.2) is 47.7 Å². The number of amides is 5. The number of hydrogen-bond donors (Lipinski definition) is 2. The van der Waals surface area contributed by atoms with Gasteiger partial charge < -0.3 is 10.1 Å². The third kappa shape index (κ3) is 4.35. The van der Waals surface area contributed by atoms with Crippen LogP contribution in [0.4, 0.5) is 4.79 Å². The van der Waals surface area contributed by atoms with Crippen LogP contribution in [0.25, 0.3) is 0 Å². The van der Waals surface area contributed by atoms with Crippen molar-refractivity contribution in [1.82, 2.24) is 15.5 Å². The molecule has 3 rings (SSSR count). The van der Waals surface area contributed by atoms with Crippen molar-refractivity contribution < 1.29 is 28.7 Å². The van der Waals surface area contributed by atoms with Gasteiger partial charge in [-0.05, 0) is 19.1 Å². The first kappa shape index (κ1) is 20.7. The van der Waals surface area contributed by atoms with E-state index in [0.717, 1.165) is 4.90 Å². The van der Waals surface area contributed by atoms with Gasteiger partial charge in [0.2, 0.25) is 6.10 Å². The van der Waals surface area contributed by atoms with Crippen LogP contribution in [0.3, 0.4) is 0 Å². The van der Waals surface area contributed by atoms with E-state index in [9.17, 15) is 24.0 Å².